The smallest absolute Gasteiger partial charge is 0.133 e. The van der Waals surface area contributed by atoms with Gasteiger partial charge in [-0.25, -0.2) is 0 Å². The summed E-state index contributed by atoms with van der Waals surface area (Å²) in [4.78, 5) is 1.03. The van der Waals surface area contributed by atoms with Crippen LogP contribution >= 0.6 is 11.8 Å². The molecule has 0 aliphatic heterocycles. The molecule has 0 spiro atoms. The molecule has 2 aromatic carbocycles. The number of nitrogens with one attached hydrogen (secondary N) is 1. The van der Waals surface area contributed by atoms with Gasteiger partial charge in [0.25, 0.3) is 0 Å². The lowest BCUT2D eigenvalue weighted by Gasteiger charge is -2.11. The van der Waals surface area contributed by atoms with E-state index in [1.807, 2.05) is 48.7 Å². The van der Waals surface area contributed by atoms with Crippen molar-refractivity contribution >= 4 is 23.7 Å². The molecule has 2 rings (SSSR count). The first-order valence-electron chi connectivity index (χ1n) is 6.42. The molecule has 0 saturated heterocycles. The minimum atomic E-state index is 0.763. The second kappa shape index (κ2) is 7.59. The van der Waals surface area contributed by atoms with Crippen LogP contribution in [0.5, 0.6) is 11.5 Å². The maximum atomic E-state index is 5.40. The molecule has 0 fully saturated rings. The predicted octanol–water partition coefficient (Wildman–Crippen LogP) is 3.87. The number of hydrogen-bond donors (Lipinski definition) is 1. The normalized spacial score (nSPS) is 10.6. The SMILES string of the molecule is COc1cc(SC)c(OC)cc1C=NNc1ccccc1. The fourth-order valence-corrected chi connectivity index (χ4v) is 2.41. The molecule has 0 saturated carbocycles. The third-order valence-electron chi connectivity index (χ3n) is 2.91. The third kappa shape index (κ3) is 3.92. The standard InChI is InChI=1S/C16H18N2O2S/c1-19-14-10-16(21-3)15(20-2)9-12(14)11-17-18-13-7-5-4-6-8-13/h4-11,18H,1-3H3. The average molecular weight is 302 g/mol. The number of rotatable bonds is 6. The lowest BCUT2D eigenvalue weighted by atomic mass is 10.2. The maximum absolute atomic E-state index is 5.40. The Morgan fingerprint density at radius 3 is 2.38 bits per heavy atom. The molecule has 110 valence electrons. The van der Waals surface area contributed by atoms with E-state index >= 15 is 0 Å². The Morgan fingerprint density at radius 2 is 1.76 bits per heavy atom. The summed E-state index contributed by atoms with van der Waals surface area (Å²) in [6.45, 7) is 0. The van der Waals surface area contributed by atoms with Crippen LogP contribution in [-0.2, 0) is 0 Å². The molecule has 0 aromatic heterocycles. The summed E-state index contributed by atoms with van der Waals surface area (Å²) in [6.07, 6.45) is 3.72. The molecule has 0 unspecified atom stereocenters. The van der Waals surface area contributed by atoms with Crippen LogP contribution in [0, 0.1) is 0 Å². The number of thioether (sulfide) groups is 1. The zero-order valence-electron chi connectivity index (χ0n) is 12.3. The largest absolute Gasteiger partial charge is 0.496 e. The first-order valence-corrected chi connectivity index (χ1v) is 7.65. The number of methoxy groups -OCH3 is 2. The Balaban J connectivity index is 2.22. The van der Waals surface area contributed by atoms with Gasteiger partial charge in [-0.1, -0.05) is 18.2 Å². The van der Waals surface area contributed by atoms with Gasteiger partial charge < -0.3 is 9.47 Å². The molecule has 0 atom stereocenters. The van der Waals surface area contributed by atoms with E-state index in [0.29, 0.717) is 0 Å². The summed E-state index contributed by atoms with van der Waals surface area (Å²) < 4.78 is 10.8. The van der Waals surface area contributed by atoms with E-state index in [9.17, 15) is 0 Å². The highest BCUT2D eigenvalue weighted by molar-refractivity contribution is 7.98. The van der Waals surface area contributed by atoms with E-state index < -0.39 is 0 Å². The molecule has 0 bridgehead atoms. The van der Waals surface area contributed by atoms with E-state index in [4.69, 9.17) is 9.47 Å². The van der Waals surface area contributed by atoms with Crippen molar-refractivity contribution in [3.8, 4) is 11.5 Å². The van der Waals surface area contributed by atoms with Crippen molar-refractivity contribution in [2.45, 2.75) is 4.90 Å². The van der Waals surface area contributed by atoms with E-state index in [0.717, 1.165) is 27.6 Å². The van der Waals surface area contributed by atoms with Crippen LogP contribution in [-0.4, -0.2) is 26.7 Å². The first-order chi connectivity index (χ1) is 10.3. The van der Waals surface area contributed by atoms with E-state index in [2.05, 4.69) is 10.5 Å². The summed E-state index contributed by atoms with van der Waals surface area (Å²) in [5, 5.41) is 4.23. The number of para-hydroxylation sites is 1. The third-order valence-corrected chi connectivity index (χ3v) is 3.67. The molecule has 21 heavy (non-hydrogen) atoms. The van der Waals surface area contributed by atoms with Gasteiger partial charge in [0, 0.05) is 5.56 Å². The fraction of sp³-hybridized carbons (Fsp3) is 0.188. The minimum absolute atomic E-state index is 0.763. The van der Waals surface area contributed by atoms with Crippen LogP contribution in [0.3, 0.4) is 0 Å². The highest BCUT2D eigenvalue weighted by atomic mass is 32.2. The Labute approximate surface area is 129 Å². The van der Waals surface area contributed by atoms with Gasteiger partial charge >= 0.3 is 0 Å². The summed E-state index contributed by atoms with van der Waals surface area (Å²) in [6, 6.07) is 13.6. The zero-order valence-corrected chi connectivity index (χ0v) is 13.1. The van der Waals surface area contributed by atoms with E-state index in [1.54, 1.807) is 32.2 Å². The van der Waals surface area contributed by atoms with Crippen molar-refractivity contribution in [2.24, 2.45) is 5.10 Å². The lowest BCUT2D eigenvalue weighted by Crippen LogP contribution is -1.96. The van der Waals surface area contributed by atoms with Crippen molar-refractivity contribution < 1.29 is 9.47 Å². The summed E-state index contributed by atoms with van der Waals surface area (Å²) in [7, 11) is 3.30. The van der Waals surface area contributed by atoms with Gasteiger partial charge in [0.1, 0.15) is 11.5 Å². The van der Waals surface area contributed by atoms with Crippen LogP contribution < -0.4 is 14.9 Å². The van der Waals surface area contributed by atoms with Crippen LogP contribution in [0.2, 0.25) is 0 Å². The topological polar surface area (TPSA) is 42.9 Å². The van der Waals surface area contributed by atoms with Gasteiger partial charge in [-0.15, -0.1) is 11.8 Å². The van der Waals surface area contributed by atoms with Crippen LogP contribution in [0.25, 0.3) is 0 Å². The Hall–Kier alpha value is -2.14. The number of nitrogens with zero attached hydrogens (tertiary/aromatic N) is 1. The van der Waals surface area contributed by atoms with Gasteiger partial charge in [-0.05, 0) is 30.5 Å². The van der Waals surface area contributed by atoms with Crippen molar-refractivity contribution in [3.05, 3.63) is 48.0 Å². The monoisotopic (exact) mass is 302 g/mol. The number of hydrogen-bond acceptors (Lipinski definition) is 5. The summed E-state index contributed by atoms with van der Waals surface area (Å²) >= 11 is 1.61. The molecule has 0 aliphatic carbocycles. The lowest BCUT2D eigenvalue weighted by molar-refractivity contribution is 0.394. The van der Waals surface area contributed by atoms with E-state index in [-0.39, 0.29) is 0 Å². The Kier molecular flexibility index (Phi) is 5.51. The summed E-state index contributed by atoms with van der Waals surface area (Å²) in [5.74, 6) is 1.57. The molecular formula is C16H18N2O2S. The number of ether oxygens (including phenoxy) is 2. The molecule has 0 heterocycles. The van der Waals surface area contributed by atoms with Gasteiger partial charge in [-0.3, -0.25) is 5.43 Å². The quantitative estimate of drug-likeness (QED) is 0.500. The average Bonchev–Trinajstić information content (AvgIpc) is 2.55. The van der Waals surface area contributed by atoms with E-state index in [1.165, 1.54) is 0 Å². The second-order valence-corrected chi connectivity index (χ2v) is 5.03. The molecule has 0 radical (unpaired) electrons. The van der Waals surface area contributed by atoms with Crippen molar-refractivity contribution in [2.75, 3.05) is 25.9 Å². The highest BCUT2D eigenvalue weighted by Gasteiger charge is 2.09. The number of benzene rings is 2. The van der Waals surface area contributed by atoms with Gasteiger partial charge in [0.05, 0.1) is 31.0 Å². The molecule has 0 amide bonds. The van der Waals surface area contributed by atoms with Gasteiger partial charge in [0.2, 0.25) is 0 Å². The van der Waals surface area contributed by atoms with Crippen molar-refractivity contribution in [3.63, 3.8) is 0 Å². The molecule has 2 aromatic rings. The van der Waals surface area contributed by atoms with Crippen molar-refractivity contribution in [1.29, 1.82) is 0 Å². The van der Waals surface area contributed by atoms with Crippen LogP contribution in [0.15, 0.2) is 52.5 Å². The first kappa shape index (κ1) is 15.3. The number of anilines is 1. The molecule has 4 nitrogen and oxygen atoms in total. The molecule has 0 aliphatic rings. The maximum Gasteiger partial charge on any atom is 0.133 e. The molecule has 5 heteroatoms. The highest BCUT2D eigenvalue weighted by Crippen LogP contribution is 2.33. The number of hydrazone groups is 1. The molecular weight excluding hydrogens is 284 g/mol. The molecule has 1 N–H and O–H groups in total. The van der Waals surface area contributed by atoms with Gasteiger partial charge in [0.15, 0.2) is 0 Å². The predicted molar refractivity (Wildman–Crippen MR) is 89.0 cm³/mol. The summed E-state index contributed by atoms with van der Waals surface area (Å²) in [5.41, 5.74) is 4.77. The Bertz CT molecular complexity index is 615. The second-order valence-electron chi connectivity index (χ2n) is 4.19. The Morgan fingerprint density at radius 1 is 1.05 bits per heavy atom. The van der Waals surface area contributed by atoms with Gasteiger partial charge in [-0.2, -0.15) is 5.10 Å². The zero-order chi connectivity index (χ0) is 15.1. The van der Waals surface area contributed by atoms with Crippen LogP contribution in [0.4, 0.5) is 5.69 Å². The minimum Gasteiger partial charge on any atom is -0.496 e. The van der Waals surface area contributed by atoms with Crippen LogP contribution in [0.1, 0.15) is 5.56 Å². The van der Waals surface area contributed by atoms with Crippen molar-refractivity contribution in [1.82, 2.24) is 0 Å². The fourth-order valence-electron chi connectivity index (χ4n) is 1.84.